The predicted octanol–water partition coefficient (Wildman–Crippen LogP) is 2.94. The molecule has 0 fully saturated rings. The highest BCUT2D eigenvalue weighted by Crippen LogP contribution is 2.24. The van der Waals surface area contributed by atoms with E-state index >= 15 is 0 Å². The molecule has 0 bridgehead atoms. The number of rotatable bonds is 4. The lowest BCUT2D eigenvalue weighted by Crippen LogP contribution is -2.02. The summed E-state index contributed by atoms with van der Waals surface area (Å²) in [6, 6.07) is 4.52. The number of ether oxygens (including phenoxy) is 2. The second kappa shape index (κ2) is 4.60. The van der Waals surface area contributed by atoms with Crippen molar-refractivity contribution in [2.75, 3.05) is 7.11 Å². The third-order valence-corrected chi connectivity index (χ3v) is 1.60. The van der Waals surface area contributed by atoms with Crippen molar-refractivity contribution >= 4 is 6.08 Å². The van der Waals surface area contributed by atoms with Crippen LogP contribution in [0.2, 0.25) is 0 Å². The Bertz CT molecular complexity index is 324. The van der Waals surface area contributed by atoms with Crippen LogP contribution in [-0.4, -0.2) is 13.7 Å². The summed E-state index contributed by atoms with van der Waals surface area (Å²) in [6.45, 7) is 0.694. The second-order valence-corrected chi connectivity index (χ2v) is 2.52. The third kappa shape index (κ3) is 2.73. The molecule has 2 nitrogen and oxygen atoms in total. The summed E-state index contributed by atoms with van der Waals surface area (Å²) in [5.41, 5.74) is 0.667. The van der Waals surface area contributed by atoms with Gasteiger partial charge in [-0.3, -0.25) is 0 Å². The maximum absolute atomic E-state index is 11.9. The molecule has 0 heterocycles. The number of alkyl halides is 2. The fourth-order valence-corrected chi connectivity index (χ4v) is 1.00. The van der Waals surface area contributed by atoms with Gasteiger partial charge in [0.05, 0.1) is 7.11 Å². The van der Waals surface area contributed by atoms with Gasteiger partial charge in [0.1, 0.15) is 11.5 Å². The van der Waals surface area contributed by atoms with Crippen molar-refractivity contribution in [3.63, 3.8) is 0 Å². The molecule has 76 valence electrons. The van der Waals surface area contributed by atoms with Gasteiger partial charge in [-0.25, -0.2) is 0 Å². The van der Waals surface area contributed by atoms with Crippen LogP contribution in [0.15, 0.2) is 24.8 Å². The molecule has 0 radical (unpaired) electrons. The highest BCUT2D eigenvalue weighted by atomic mass is 19.3. The van der Waals surface area contributed by atoms with Gasteiger partial charge < -0.3 is 9.47 Å². The molecule has 0 atom stereocenters. The Balaban J connectivity index is 2.98. The molecule has 0 N–H and O–H groups in total. The first-order valence-electron chi connectivity index (χ1n) is 3.92. The van der Waals surface area contributed by atoms with Crippen LogP contribution in [0.25, 0.3) is 6.08 Å². The van der Waals surface area contributed by atoms with Crippen LogP contribution in [-0.2, 0) is 0 Å². The molecule has 0 unspecified atom stereocenters. The van der Waals surface area contributed by atoms with E-state index in [1.807, 2.05) is 0 Å². The topological polar surface area (TPSA) is 18.5 Å². The summed E-state index contributed by atoms with van der Waals surface area (Å²) in [5, 5.41) is 0. The molecule has 4 heteroatoms. The van der Waals surface area contributed by atoms with E-state index in [1.54, 1.807) is 6.07 Å². The maximum Gasteiger partial charge on any atom is 0.387 e. The van der Waals surface area contributed by atoms with Crippen LogP contribution in [0, 0.1) is 0 Å². The van der Waals surface area contributed by atoms with Crippen molar-refractivity contribution in [1.29, 1.82) is 0 Å². The summed E-state index contributed by atoms with van der Waals surface area (Å²) in [4.78, 5) is 0. The van der Waals surface area contributed by atoms with Crippen molar-refractivity contribution in [2.45, 2.75) is 6.61 Å². The number of hydrogen-bond acceptors (Lipinski definition) is 2. The smallest absolute Gasteiger partial charge is 0.387 e. The molecule has 0 aliphatic rings. The highest BCUT2D eigenvalue weighted by Gasteiger charge is 2.06. The van der Waals surface area contributed by atoms with Gasteiger partial charge in [-0.1, -0.05) is 12.7 Å². The van der Waals surface area contributed by atoms with E-state index in [2.05, 4.69) is 11.3 Å². The van der Waals surface area contributed by atoms with E-state index in [4.69, 9.17) is 4.74 Å². The Hall–Kier alpha value is -1.58. The van der Waals surface area contributed by atoms with E-state index < -0.39 is 6.61 Å². The van der Waals surface area contributed by atoms with Gasteiger partial charge in [0.15, 0.2) is 0 Å². The Labute approximate surface area is 80.8 Å². The minimum atomic E-state index is -2.83. The molecule has 0 saturated heterocycles. The Morgan fingerprint density at radius 2 is 1.93 bits per heavy atom. The summed E-state index contributed by atoms with van der Waals surface area (Å²) in [5.74, 6) is 0.521. The first-order valence-corrected chi connectivity index (χ1v) is 3.92. The van der Waals surface area contributed by atoms with E-state index in [0.29, 0.717) is 11.3 Å². The molecule has 14 heavy (non-hydrogen) atoms. The van der Waals surface area contributed by atoms with Gasteiger partial charge in [0.25, 0.3) is 0 Å². The van der Waals surface area contributed by atoms with E-state index in [-0.39, 0.29) is 5.75 Å². The van der Waals surface area contributed by atoms with E-state index in [1.165, 1.54) is 25.3 Å². The Morgan fingerprint density at radius 1 is 1.29 bits per heavy atom. The summed E-state index contributed by atoms with van der Waals surface area (Å²) in [7, 11) is 1.45. The summed E-state index contributed by atoms with van der Waals surface area (Å²) < 4.78 is 33.0. The van der Waals surface area contributed by atoms with Crippen molar-refractivity contribution in [2.24, 2.45) is 0 Å². The lowest BCUT2D eigenvalue weighted by Gasteiger charge is -2.07. The van der Waals surface area contributed by atoms with Crippen LogP contribution in [0.5, 0.6) is 11.5 Å². The molecule has 0 spiro atoms. The summed E-state index contributed by atoms with van der Waals surface area (Å²) >= 11 is 0. The standard InChI is InChI=1S/C10H10F2O2/c1-3-7-4-8(13-2)6-9(5-7)14-10(11)12/h3-6,10H,1H2,2H3. The molecule has 0 saturated carbocycles. The van der Waals surface area contributed by atoms with Crippen LogP contribution in [0.1, 0.15) is 5.56 Å². The molecule has 1 rings (SSSR count). The van der Waals surface area contributed by atoms with Crippen LogP contribution >= 0.6 is 0 Å². The van der Waals surface area contributed by atoms with Gasteiger partial charge in [-0.05, 0) is 17.7 Å². The van der Waals surface area contributed by atoms with E-state index in [9.17, 15) is 8.78 Å². The lowest BCUT2D eigenvalue weighted by molar-refractivity contribution is -0.0499. The molecule has 1 aromatic rings. The van der Waals surface area contributed by atoms with Crippen molar-refractivity contribution in [3.05, 3.63) is 30.3 Å². The average molecular weight is 200 g/mol. The molecular formula is C10H10F2O2. The van der Waals surface area contributed by atoms with Gasteiger partial charge in [-0.15, -0.1) is 0 Å². The minimum absolute atomic E-state index is 0.0641. The summed E-state index contributed by atoms with van der Waals surface area (Å²) in [6.07, 6.45) is 1.53. The molecule has 1 aromatic carbocycles. The Kier molecular flexibility index (Phi) is 3.45. The molecule has 0 aromatic heterocycles. The van der Waals surface area contributed by atoms with Crippen molar-refractivity contribution in [3.8, 4) is 11.5 Å². The molecule has 0 aliphatic carbocycles. The molecule has 0 aliphatic heterocycles. The number of methoxy groups -OCH3 is 1. The fraction of sp³-hybridized carbons (Fsp3) is 0.200. The largest absolute Gasteiger partial charge is 0.497 e. The third-order valence-electron chi connectivity index (χ3n) is 1.60. The number of hydrogen-bond donors (Lipinski definition) is 0. The first-order chi connectivity index (χ1) is 6.65. The van der Waals surface area contributed by atoms with Crippen LogP contribution in [0.4, 0.5) is 8.78 Å². The zero-order chi connectivity index (χ0) is 10.6. The lowest BCUT2D eigenvalue weighted by atomic mass is 10.2. The maximum atomic E-state index is 11.9. The van der Waals surface area contributed by atoms with Gasteiger partial charge >= 0.3 is 6.61 Å². The van der Waals surface area contributed by atoms with Gasteiger partial charge in [-0.2, -0.15) is 8.78 Å². The molecule has 0 amide bonds. The van der Waals surface area contributed by atoms with Crippen molar-refractivity contribution in [1.82, 2.24) is 0 Å². The molecular weight excluding hydrogens is 190 g/mol. The zero-order valence-electron chi connectivity index (χ0n) is 7.67. The average Bonchev–Trinajstić information content (AvgIpc) is 2.16. The Morgan fingerprint density at radius 3 is 2.43 bits per heavy atom. The van der Waals surface area contributed by atoms with Gasteiger partial charge in [0.2, 0.25) is 0 Å². The first kappa shape index (κ1) is 10.5. The normalized spacial score (nSPS) is 10.0. The quantitative estimate of drug-likeness (QED) is 0.743. The monoisotopic (exact) mass is 200 g/mol. The fourth-order valence-electron chi connectivity index (χ4n) is 1.00. The predicted molar refractivity (Wildman–Crippen MR) is 49.7 cm³/mol. The van der Waals surface area contributed by atoms with Crippen molar-refractivity contribution < 1.29 is 18.3 Å². The van der Waals surface area contributed by atoms with Gasteiger partial charge in [0, 0.05) is 6.07 Å². The zero-order valence-corrected chi connectivity index (χ0v) is 7.67. The highest BCUT2D eigenvalue weighted by molar-refractivity contribution is 5.53. The minimum Gasteiger partial charge on any atom is -0.497 e. The van der Waals surface area contributed by atoms with Crippen LogP contribution in [0.3, 0.4) is 0 Å². The second-order valence-electron chi connectivity index (χ2n) is 2.52. The number of halogens is 2. The SMILES string of the molecule is C=Cc1cc(OC)cc(OC(F)F)c1. The van der Waals surface area contributed by atoms with Crippen LogP contribution < -0.4 is 9.47 Å². The van der Waals surface area contributed by atoms with E-state index in [0.717, 1.165) is 0 Å². The number of benzene rings is 1.